The fraction of sp³-hybridized carbons (Fsp3) is 0.0159. The van der Waals surface area contributed by atoms with Crippen LogP contribution in [-0.2, 0) is 5.41 Å². The van der Waals surface area contributed by atoms with Crippen LogP contribution in [0.4, 0.5) is 0 Å². The topological polar surface area (TPSA) is 0 Å². The molecule has 2 aliphatic rings. The maximum Gasteiger partial charge on any atom is 0.0725 e. The maximum atomic E-state index is 2.56. The summed E-state index contributed by atoms with van der Waals surface area (Å²) in [5.41, 5.74) is 17.8. The largest absolute Gasteiger partial charge is 0.0725 e. The molecule has 0 heteroatoms. The highest BCUT2D eigenvalue weighted by Crippen LogP contribution is 2.64. The SMILES string of the molecule is c1ccc(-c2c3ccccc3c(-c3ccc(-c4ccc5c(c4)-c4cc6c7ccccc7c7ccccc7c6cc4C54c5ccccc5-c5ccccc54)cc3)c3ccccc23)cc1. The van der Waals surface area contributed by atoms with Crippen LogP contribution >= 0.6 is 0 Å². The van der Waals surface area contributed by atoms with Crippen molar-refractivity contribution in [2.24, 2.45) is 0 Å². The molecule has 0 saturated carbocycles. The van der Waals surface area contributed by atoms with E-state index in [1.807, 2.05) is 0 Å². The molecule has 0 saturated heterocycles. The van der Waals surface area contributed by atoms with Crippen LogP contribution in [0.25, 0.3) is 109 Å². The monoisotopic (exact) mass is 794 g/mol. The second-order valence-electron chi connectivity index (χ2n) is 17.4. The van der Waals surface area contributed by atoms with E-state index in [4.69, 9.17) is 0 Å². The molecule has 0 aliphatic heterocycles. The number of benzene rings is 12. The van der Waals surface area contributed by atoms with Crippen molar-refractivity contribution < 1.29 is 0 Å². The first-order valence-corrected chi connectivity index (χ1v) is 22.1. The fourth-order valence-corrected chi connectivity index (χ4v) is 11.9. The van der Waals surface area contributed by atoms with Crippen molar-refractivity contribution in [2.75, 3.05) is 0 Å². The van der Waals surface area contributed by atoms with E-state index in [2.05, 4.69) is 231 Å². The Morgan fingerprint density at radius 2 is 0.556 bits per heavy atom. The lowest BCUT2D eigenvalue weighted by molar-refractivity contribution is 0.795. The van der Waals surface area contributed by atoms with Gasteiger partial charge < -0.3 is 0 Å². The smallest absolute Gasteiger partial charge is 0.0622 e. The van der Waals surface area contributed by atoms with Gasteiger partial charge in [0.2, 0.25) is 0 Å². The lowest BCUT2D eigenvalue weighted by Gasteiger charge is -2.31. The Morgan fingerprint density at radius 3 is 1.10 bits per heavy atom. The number of fused-ring (bicyclic) bond motifs is 18. The lowest BCUT2D eigenvalue weighted by atomic mass is 9.70. The molecule has 0 N–H and O–H groups in total. The van der Waals surface area contributed by atoms with Crippen LogP contribution in [0.5, 0.6) is 0 Å². The summed E-state index contributed by atoms with van der Waals surface area (Å²) < 4.78 is 0. The van der Waals surface area contributed by atoms with Gasteiger partial charge in [-0.3, -0.25) is 0 Å². The van der Waals surface area contributed by atoms with Crippen molar-refractivity contribution in [1.82, 2.24) is 0 Å². The van der Waals surface area contributed by atoms with E-state index in [1.165, 1.54) is 132 Å². The summed E-state index contributed by atoms with van der Waals surface area (Å²) in [6, 6.07) is 86.6. The van der Waals surface area contributed by atoms with Crippen LogP contribution in [0.1, 0.15) is 22.3 Å². The maximum absolute atomic E-state index is 2.56. The summed E-state index contributed by atoms with van der Waals surface area (Å²) >= 11 is 0. The molecule has 0 heterocycles. The molecule has 0 bridgehead atoms. The summed E-state index contributed by atoms with van der Waals surface area (Å²) in [7, 11) is 0. The minimum absolute atomic E-state index is 0.435. The second kappa shape index (κ2) is 13.0. The third kappa shape index (κ3) is 4.65. The summed E-state index contributed by atoms with van der Waals surface area (Å²) in [5.74, 6) is 0. The van der Waals surface area contributed by atoms with E-state index in [0.717, 1.165) is 0 Å². The molecule has 0 atom stereocenters. The summed E-state index contributed by atoms with van der Waals surface area (Å²) in [5, 5.41) is 12.9. The zero-order chi connectivity index (χ0) is 41.2. The fourth-order valence-electron chi connectivity index (χ4n) is 11.9. The molecular weight excluding hydrogens is 757 g/mol. The van der Waals surface area contributed by atoms with Gasteiger partial charge in [0, 0.05) is 0 Å². The summed E-state index contributed by atoms with van der Waals surface area (Å²) in [6.45, 7) is 0. The highest BCUT2D eigenvalue weighted by atomic mass is 14.5. The first kappa shape index (κ1) is 34.6. The predicted octanol–water partition coefficient (Wildman–Crippen LogP) is 16.8. The normalized spacial score (nSPS) is 13.2. The molecule has 2 aliphatic carbocycles. The molecule has 290 valence electrons. The highest BCUT2D eigenvalue weighted by Gasteiger charge is 2.51. The Labute approximate surface area is 366 Å². The van der Waals surface area contributed by atoms with Crippen LogP contribution < -0.4 is 0 Å². The first-order valence-electron chi connectivity index (χ1n) is 22.1. The molecule has 0 amide bonds. The third-order valence-corrected chi connectivity index (χ3v) is 14.5. The third-order valence-electron chi connectivity index (χ3n) is 14.5. The van der Waals surface area contributed by atoms with E-state index in [0.29, 0.717) is 0 Å². The molecule has 0 unspecified atom stereocenters. The minimum atomic E-state index is -0.435. The summed E-state index contributed by atoms with van der Waals surface area (Å²) in [4.78, 5) is 0. The molecular formula is C63H38. The van der Waals surface area contributed by atoms with Gasteiger partial charge in [-0.05, 0) is 150 Å². The first-order chi connectivity index (χ1) is 31.3. The number of hydrogen-bond acceptors (Lipinski definition) is 0. The molecule has 63 heavy (non-hydrogen) atoms. The average Bonchev–Trinajstić information content (AvgIpc) is 3.82. The van der Waals surface area contributed by atoms with Crippen LogP contribution in [0, 0.1) is 0 Å². The van der Waals surface area contributed by atoms with Crippen molar-refractivity contribution in [2.45, 2.75) is 5.41 Å². The van der Waals surface area contributed by atoms with Gasteiger partial charge in [0.1, 0.15) is 0 Å². The quantitative estimate of drug-likeness (QED) is 0.123. The van der Waals surface area contributed by atoms with Gasteiger partial charge >= 0.3 is 0 Å². The molecule has 0 fully saturated rings. The van der Waals surface area contributed by atoms with Gasteiger partial charge in [-0.2, -0.15) is 0 Å². The van der Waals surface area contributed by atoms with Crippen LogP contribution in [0.2, 0.25) is 0 Å². The van der Waals surface area contributed by atoms with E-state index in [-0.39, 0.29) is 0 Å². The van der Waals surface area contributed by atoms with Gasteiger partial charge in [0.25, 0.3) is 0 Å². The van der Waals surface area contributed by atoms with Crippen molar-refractivity contribution in [3.05, 3.63) is 253 Å². The highest BCUT2D eigenvalue weighted by molar-refractivity contribution is 6.26. The van der Waals surface area contributed by atoms with Crippen LogP contribution in [-0.4, -0.2) is 0 Å². The van der Waals surface area contributed by atoms with Crippen LogP contribution in [0.3, 0.4) is 0 Å². The number of hydrogen-bond donors (Lipinski definition) is 0. The molecule has 14 rings (SSSR count). The minimum Gasteiger partial charge on any atom is -0.0622 e. The van der Waals surface area contributed by atoms with Gasteiger partial charge in [-0.15, -0.1) is 0 Å². The van der Waals surface area contributed by atoms with Gasteiger partial charge in [0.05, 0.1) is 5.41 Å². The Balaban J connectivity index is 0.996. The van der Waals surface area contributed by atoms with E-state index < -0.39 is 5.41 Å². The van der Waals surface area contributed by atoms with Crippen molar-refractivity contribution in [3.8, 4) is 55.6 Å². The van der Waals surface area contributed by atoms with E-state index >= 15 is 0 Å². The molecule has 0 radical (unpaired) electrons. The molecule has 0 aromatic heterocycles. The Hall–Kier alpha value is -8.06. The molecule has 12 aromatic rings. The Kier molecular flexibility index (Phi) is 7.13. The number of rotatable bonds is 3. The molecule has 1 spiro atoms. The zero-order valence-corrected chi connectivity index (χ0v) is 34.4. The molecule has 12 aromatic carbocycles. The van der Waals surface area contributed by atoms with Crippen molar-refractivity contribution >= 4 is 53.9 Å². The van der Waals surface area contributed by atoms with Gasteiger partial charge in [0.15, 0.2) is 0 Å². The van der Waals surface area contributed by atoms with E-state index in [9.17, 15) is 0 Å². The average molecular weight is 795 g/mol. The predicted molar refractivity (Wildman–Crippen MR) is 267 cm³/mol. The molecule has 0 nitrogen and oxygen atoms in total. The zero-order valence-electron chi connectivity index (χ0n) is 34.4. The Bertz CT molecular complexity index is 3790. The summed E-state index contributed by atoms with van der Waals surface area (Å²) in [6.07, 6.45) is 0. The van der Waals surface area contributed by atoms with Gasteiger partial charge in [-0.1, -0.05) is 212 Å². The lowest BCUT2D eigenvalue weighted by Crippen LogP contribution is -2.25. The standard InChI is InChI=1S/C63H38/c1-2-16-40(17-3-1)61-49-24-8-10-26-51(49)62(52-27-11-9-25-50(52)61)41-32-30-39(31-33-41)42-34-35-59-55(36-42)56-37-53-45-20-6-4-18-43(45)44-19-5-7-21-46(44)54(53)38-60(56)63(59)57-28-14-12-22-47(57)48-23-13-15-29-58(48)63/h1-38H. The van der Waals surface area contributed by atoms with Gasteiger partial charge in [-0.25, -0.2) is 0 Å². The second-order valence-corrected chi connectivity index (χ2v) is 17.4. The Morgan fingerprint density at radius 1 is 0.190 bits per heavy atom. The van der Waals surface area contributed by atoms with E-state index in [1.54, 1.807) is 0 Å². The van der Waals surface area contributed by atoms with Crippen LogP contribution in [0.15, 0.2) is 231 Å². The van der Waals surface area contributed by atoms with Crippen molar-refractivity contribution in [3.63, 3.8) is 0 Å². The van der Waals surface area contributed by atoms with Crippen molar-refractivity contribution in [1.29, 1.82) is 0 Å².